The number of nitrogens with zero attached hydrogens (tertiary/aromatic N) is 2. The van der Waals surface area contributed by atoms with Crippen molar-refractivity contribution in [3.8, 4) is 0 Å². The largest absolute Gasteiger partial charge is 0.465 e. The van der Waals surface area contributed by atoms with Gasteiger partial charge in [0, 0.05) is 24.2 Å². The van der Waals surface area contributed by atoms with Crippen LogP contribution < -0.4 is 4.90 Å². The van der Waals surface area contributed by atoms with Gasteiger partial charge >= 0.3 is 6.09 Å². The Morgan fingerprint density at radius 1 is 1.17 bits per heavy atom. The Balaban J connectivity index is 1.69. The van der Waals surface area contributed by atoms with Gasteiger partial charge in [-0.3, -0.25) is 4.79 Å². The molecule has 3 atom stereocenters. The number of hydrogen-bond acceptors (Lipinski definition) is 2. The average molecular weight is 396 g/mol. The monoisotopic (exact) mass is 396 g/mol. The number of halogens is 1. The van der Waals surface area contributed by atoms with Crippen LogP contribution in [-0.4, -0.2) is 40.1 Å². The summed E-state index contributed by atoms with van der Waals surface area (Å²) in [5.74, 6) is -0.590. The number of carbonyl (C=O) groups excluding carboxylic acids is 1. The normalized spacial score (nSPS) is 26.9. The van der Waals surface area contributed by atoms with Crippen LogP contribution in [0.3, 0.4) is 0 Å². The molecule has 2 fully saturated rings. The van der Waals surface area contributed by atoms with E-state index in [1.54, 1.807) is 17.0 Å². The fourth-order valence-electron chi connectivity index (χ4n) is 5.11. The van der Waals surface area contributed by atoms with Gasteiger partial charge < -0.3 is 14.9 Å². The van der Waals surface area contributed by atoms with Crippen molar-refractivity contribution in [1.82, 2.24) is 4.90 Å². The molecule has 2 aliphatic heterocycles. The first kappa shape index (κ1) is 19.4. The fourth-order valence-corrected chi connectivity index (χ4v) is 5.11. The van der Waals surface area contributed by atoms with Crippen molar-refractivity contribution >= 4 is 17.7 Å². The Kier molecular flexibility index (Phi) is 5.03. The Hall–Kier alpha value is -2.89. The molecule has 2 aromatic carbocycles. The second-order valence-corrected chi connectivity index (χ2v) is 8.25. The van der Waals surface area contributed by atoms with Crippen molar-refractivity contribution in [2.45, 2.75) is 44.2 Å². The number of carbonyl (C=O) groups is 2. The zero-order valence-electron chi connectivity index (χ0n) is 16.4. The lowest BCUT2D eigenvalue weighted by atomic mass is 9.78. The Labute approximate surface area is 169 Å². The molecule has 2 heterocycles. The summed E-state index contributed by atoms with van der Waals surface area (Å²) in [5.41, 5.74) is 1.16. The zero-order chi connectivity index (χ0) is 20.6. The van der Waals surface area contributed by atoms with Gasteiger partial charge in [0.1, 0.15) is 5.82 Å². The number of amides is 2. The molecule has 6 heteroatoms. The van der Waals surface area contributed by atoms with Gasteiger partial charge in [0.05, 0.1) is 5.54 Å². The lowest BCUT2D eigenvalue weighted by Crippen LogP contribution is -2.57. The van der Waals surface area contributed by atoms with Gasteiger partial charge in [-0.05, 0) is 56.4 Å². The van der Waals surface area contributed by atoms with E-state index in [0.29, 0.717) is 37.9 Å². The summed E-state index contributed by atoms with van der Waals surface area (Å²) in [6.45, 7) is 2.25. The lowest BCUT2D eigenvalue weighted by molar-refractivity contribution is -0.120. The summed E-state index contributed by atoms with van der Waals surface area (Å²) < 4.78 is 14.0. The van der Waals surface area contributed by atoms with Crippen molar-refractivity contribution < 1.29 is 19.1 Å². The molecule has 0 aliphatic carbocycles. The van der Waals surface area contributed by atoms with Crippen molar-refractivity contribution in [3.05, 3.63) is 66.0 Å². The number of piperidine rings is 1. The number of carboxylic acid groups (broad SMARTS) is 1. The minimum atomic E-state index is -0.935. The predicted octanol–water partition coefficient (Wildman–Crippen LogP) is 4.32. The maximum Gasteiger partial charge on any atom is 0.407 e. The standard InChI is InChI=1S/C23H25FN2O3/c1-16-14-23(10-11-25(16)22(28)29)15-18(12-17-6-3-2-4-7-17)21(27)26(23)20-9-5-8-19(24)13-20/h2-9,13,16,18H,10-12,14-15H2,1H3,(H,28,29)/t16-,18?,23+/m0/s1. The van der Waals surface area contributed by atoms with E-state index in [-0.39, 0.29) is 23.7 Å². The molecule has 2 aromatic rings. The summed E-state index contributed by atoms with van der Waals surface area (Å²) in [7, 11) is 0. The van der Waals surface area contributed by atoms with Gasteiger partial charge in [0.2, 0.25) is 5.91 Å². The van der Waals surface area contributed by atoms with Gasteiger partial charge in [-0.1, -0.05) is 36.4 Å². The van der Waals surface area contributed by atoms with Crippen LogP contribution in [0.5, 0.6) is 0 Å². The number of benzene rings is 2. The van der Waals surface area contributed by atoms with E-state index in [1.165, 1.54) is 17.0 Å². The van der Waals surface area contributed by atoms with Crippen LogP contribution in [0.15, 0.2) is 54.6 Å². The molecule has 152 valence electrons. The third kappa shape index (κ3) is 3.59. The second kappa shape index (κ2) is 7.50. The highest BCUT2D eigenvalue weighted by Gasteiger charge is 2.54. The molecule has 1 N–H and O–H groups in total. The van der Waals surface area contributed by atoms with Gasteiger partial charge in [-0.2, -0.15) is 0 Å². The molecule has 2 amide bonds. The van der Waals surface area contributed by atoms with Gasteiger partial charge in [0.15, 0.2) is 0 Å². The van der Waals surface area contributed by atoms with Gasteiger partial charge in [-0.15, -0.1) is 0 Å². The fraction of sp³-hybridized carbons (Fsp3) is 0.391. The molecule has 1 unspecified atom stereocenters. The maximum absolute atomic E-state index is 14.0. The Bertz CT molecular complexity index is 919. The van der Waals surface area contributed by atoms with E-state index < -0.39 is 11.6 Å². The topological polar surface area (TPSA) is 60.9 Å². The molecule has 5 nitrogen and oxygen atoms in total. The zero-order valence-corrected chi connectivity index (χ0v) is 16.4. The average Bonchev–Trinajstić information content (AvgIpc) is 2.93. The van der Waals surface area contributed by atoms with Crippen LogP contribution in [0.2, 0.25) is 0 Å². The molecule has 4 rings (SSSR count). The Morgan fingerprint density at radius 2 is 1.93 bits per heavy atom. The number of rotatable bonds is 3. The number of likely N-dealkylation sites (tertiary alicyclic amines) is 1. The molecule has 0 saturated carbocycles. The first-order valence-corrected chi connectivity index (χ1v) is 10.0. The predicted molar refractivity (Wildman–Crippen MR) is 108 cm³/mol. The minimum Gasteiger partial charge on any atom is -0.465 e. The van der Waals surface area contributed by atoms with E-state index in [0.717, 1.165) is 5.56 Å². The SMILES string of the molecule is C[C@H]1C[C@]2(CCN1C(=O)O)CC(Cc1ccccc1)C(=O)N2c1cccc(F)c1. The number of anilines is 1. The highest BCUT2D eigenvalue weighted by atomic mass is 19.1. The first-order valence-electron chi connectivity index (χ1n) is 10.0. The summed E-state index contributed by atoms with van der Waals surface area (Å²) in [6.07, 6.45) is 1.44. The van der Waals surface area contributed by atoms with Crippen LogP contribution in [0, 0.1) is 11.7 Å². The van der Waals surface area contributed by atoms with E-state index in [9.17, 15) is 19.1 Å². The van der Waals surface area contributed by atoms with E-state index in [1.807, 2.05) is 37.3 Å². The molecule has 1 spiro atoms. The third-order valence-corrected chi connectivity index (χ3v) is 6.33. The van der Waals surface area contributed by atoms with Crippen LogP contribution in [0.1, 0.15) is 31.7 Å². The third-order valence-electron chi connectivity index (χ3n) is 6.33. The highest BCUT2D eigenvalue weighted by molar-refractivity contribution is 5.99. The van der Waals surface area contributed by atoms with Crippen molar-refractivity contribution in [2.75, 3.05) is 11.4 Å². The van der Waals surface area contributed by atoms with Crippen molar-refractivity contribution in [1.29, 1.82) is 0 Å². The van der Waals surface area contributed by atoms with Gasteiger partial charge in [-0.25, -0.2) is 9.18 Å². The van der Waals surface area contributed by atoms with Gasteiger partial charge in [0.25, 0.3) is 0 Å². The van der Waals surface area contributed by atoms with Crippen LogP contribution in [0.25, 0.3) is 0 Å². The smallest absolute Gasteiger partial charge is 0.407 e. The molecular formula is C23H25FN2O3. The minimum absolute atomic E-state index is 0.00423. The van der Waals surface area contributed by atoms with E-state index in [4.69, 9.17) is 0 Å². The van der Waals surface area contributed by atoms with Crippen LogP contribution >= 0.6 is 0 Å². The molecule has 0 aromatic heterocycles. The lowest BCUT2D eigenvalue weighted by Gasteiger charge is -2.47. The van der Waals surface area contributed by atoms with Crippen LogP contribution in [-0.2, 0) is 11.2 Å². The molecule has 2 aliphatic rings. The molecular weight excluding hydrogens is 371 g/mol. The van der Waals surface area contributed by atoms with Crippen molar-refractivity contribution in [2.24, 2.45) is 5.92 Å². The second-order valence-electron chi connectivity index (χ2n) is 8.25. The van der Waals surface area contributed by atoms with E-state index in [2.05, 4.69) is 0 Å². The summed E-state index contributed by atoms with van der Waals surface area (Å²) in [5, 5.41) is 9.45. The Morgan fingerprint density at radius 3 is 2.59 bits per heavy atom. The van der Waals surface area contributed by atoms with Crippen LogP contribution in [0.4, 0.5) is 14.9 Å². The van der Waals surface area contributed by atoms with E-state index >= 15 is 0 Å². The molecule has 29 heavy (non-hydrogen) atoms. The summed E-state index contributed by atoms with van der Waals surface area (Å²) in [6, 6.07) is 15.8. The maximum atomic E-state index is 14.0. The summed E-state index contributed by atoms with van der Waals surface area (Å²) in [4.78, 5) is 28.2. The van der Waals surface area contributed by atoms with Crippen molar-refractivity contribution in [3.63, 3.8) is 0 Å². The first-order chi connectivity index (χ1) is 13.9. The molecule has 0 bridgehead atoms. The quantitative estimate of drug-likeness (QED) is 0.840. The highest BCUT2D eigenvalue weighted by Crippen LogP contribution is 2.47. The molecule has 0 radical (unpaired) electrons. The number of hydrogen-bond donors (Lipinski definition) is 1. The summed E-state index contributed by atoms with van der Waals surface area (Å²) >= 11 is 0. The molecule has 2 saturated heterocycles.